The van der Waals surface area contributed by atoms with E-state index in [1.54, 1.807) is 6.92 Å². The molecule has 3 atom stereocenters. The van der Waals surface area contributed by atoms with Gasteiger partial charge in [0.05, 0.1) is 5.25 Å². The van der Waals surface area contributed by atoms with Crippen LogP contribution in [0.5, 0.6) is 0 Å². The molecule has 5 heteroatoms. The minimum atomic E-state index is -3.30. The van der Waals surface area contributed by atoms with E-state index in [9.17, 15) is 8.42 Å². The van der Waals surface area contributed by atoms with E-state index in [-0.39, 0.29) is 12.1 Å². The van der Waals surface area contributed by atoms with E-state index >= 15 is 0 Å². The van der Waals surface area contributed by atoms with Crippen molar-refractivity contribution in [2.75, 3.05) is 6.54 Å². The fourth-order valence-electron chi connectivity index (χ4n) is 6.09. The second-order valence-corrected chi connectivity index (χ2v) is 10.7. The molecule has 4 nitrogen and oxygen atoms in total. The average Bonchev–Trinajstić information content (AvgIpc) is 2.20. The van der Waals surface area contributed by atoms with Gasteiger partial charge in [-0.15, -0.1) is 0 Å². The van der Waals surface area contributed by atoms with Gasteiger partial charge in [0.1, 0.15) is 0 Å². The summed E-state index contributed by atoms with van der Waals surface area (Å²) in [4.78, 5) is 0. The van der Waals surface area contributed by atoms with Crippen LogP contribution in [0.1, 0.15) is 59.3 Å². The lowest BCUT2D eigenvalue weighted by molar-refractivity contribution is -0.110. The van der Waals surface area contributed by atoms with Gasteiger partial charge in [0, 0.05) is 12.1 Å². The van der Waals surface area contributed by atoms with Crippen LogP contribution in [-0.4, -0.2) is 25.8 Å². The molecule has 4 saturated carbocycles. The first-order chi connectivity index (χ1) is 9.10. The highest BCUT2D eigenvalue weighted by atomic mass is 32.2. The fraction of sp³-hybridized carbons (Fsp3) is 1.00. The molecule has 0 aromatic heterocycles. The van der Waals surface area contributed by atoms with Gasteiger partial charge in [-0.1, -0.05) is 13.8 Å². The molecule has 0 spiro atoms. The second-order valence-electron chi connectivity index (χ2n) is 8.60. The molecule has 4 fully saturated rings. The highest BCUT2D eigenvalue weighted by Gasteiger charge is 2.61. The van der Waals surface area contributed by atoms with Gasteiger partial charge < -0.3 is 5.73 Å². The molecule has 116 valence electrons. The van der Waals surface area contributed by atoms with Crippen LogP contribution < -0.4 is 10.5 Å². The van der Waals surface area contributed by atoms with Crippen molar-refractivity contribution >= 4 is 10.0 Å². The summed E-state index contributed by atoms with van der Waals surface area (Å²) in [7, 11) is -3.30. The molecule has 4 aliphatic rings. The van der Waals surface area contributed by atoms with Crippen LogP contribution in [0.25, 0.3) is 0 Å². The van der Waals surface area contributed by atoms with Crippen LogP contribution >= 0.6 is 0 Å². The minimum absolute atomic E-state index is 0.184. The molecule has 4 bridgehead atoms. The number of sulfonamides is 1. The summed E-state index contributed by atoms with van der Waals surface area (Å²) >= 11 is 0. The zero-order valence-corrected chi connectivity index (χ0v) is 13.7. The molecule has 0 saturated heterocycles. The third-order valence-electron chi connectivity index (χ3n) is 5.85. The standard InChI is InChI=1S/C15H28N2O2S/c1-11(7-16)20(18,19)17-15-6-12-4-13(2,9-15)8-14(3,5-12)10-15/h11-12,17H,4-10,16H2,1-3H3. The van der Waals surface area contributed by atoms with Crippen molar-refractivity contribution < 1.29 is 8.42 Å². The van der Waals surface area contributed by atoms with Gasteiger partial charge in [-0.05, 0) is 62.2 Å². The summed E-state index contributed by atoms with van der Waals surface area (Å²) in [6, 6.07) is 0. The van der Waals surface area contributed by atoms with Gasteiger partial charge in [0.15, 0.2) is 0 Å². The zero-order valence-electron chi connectivity index (χ0n) is 12.9. The highest BCUT2D eigenvalue weighted by molar-refractivity contribution is 7.90. The molecule has 0 amide bonds. The van der Waals surface area contributed by atoms with Gasteiger partial charge in [0.2, 0.25) is 10.0 Å². The third-order valence-corrected chi connectivity index (χ3v) is 7.82. The minimum Gasteiger partial charge on any atom is -0.329 e. The Morgan fingerprint density at radius 1 is 1.15 bits per heavy atom. The molecule has 3 N–H and O–H groups in total. The molecule has 0 aliphatic heterocycles. The van der Waals surface area contributed by atoms with Crippen molar-refractivity contribution in [3.8, 4) is 0 Å². The maximum atomic E-state index is 12.5. The monoisotopic (exact) mass is 300 g/mol. The molecular weight excluding hydrogens is 272 g/mol. The number of nitrogens with two attached hydrogens (primary N) is 1. The summed E-state index contributed by atoms with van der Waals surface area (Å²) < 4.78 is 28.0. The molecule has 3 unspecified atom stereocenters. The summed E-state index contributed by atoms with van der Waals surface area (Å²) in [5.41, 5.74) is 6.00. The molecule has 4 aliphatic carbocycles. The Bertz CT molecular complexity index is 498. The molecule has 4 rings (SSSR count). The first-order valence-corrected chi connectivity index (χ1v) is 9.37. The van der Waals surface area contributed by atoms with Crippen molar-refractivity contribution in [2.45, 2.75) is 70.1 Å². The molecule has 0 aromatic rings. The molecule has 20 heavy (non-hydrogen) atoms. The van der Waals surface area contributed by atoms with E-state index in [0.29, 0.717) is 16.7 Å². The lowest BCUT2D eigenvalue weighted by Crippen LogP contribution is -2.65. The largest absolute Gasteiger partial charge is 0.329 e. The van der Waals surface area contributed by atoms with E-state index in [1.807, 2.05) is 0 Å². The normalized spacial score (nSPS) is 48.5. The van der Waals surface area contributed by atoms with Crippen molar-refractivity contribution in [2.24, 2.45) is 22.5 Å². The van der Waals surface area contributed by atoms with Crippen LogP contribution in [0, 0.1) is 16.7 Å². The third kappa shape index (κ3) is 2.32. The Morgan fingerprint density at radius 2 is 1.70 bits per heavy atom. The summed E-state index contributed by atoms with van der Waals surface area (Å²) in [5.74, 6) is 0.692. The molecule has 0 radical (unpaired) electrons. The number of hydrogen-bond donors (Lipinski definition) is 2. The molecular formula is C15H28N2O2S. The first kappa shape index (κ1) is 14.8. The number of nitrogens with one attached hydrogen (secondary N) is 1. The Labute approximate surface area is 122 Å². The van der Waals surface area contributed by atoms with E-state index in [1.165, 1.54) is 19.3 Å². The maximum Gasteiger partial charge on any atom is 0.215 e. The maximum absolute atomic E-state index is 12.5. The Kier molecular flexibility index (Phi) is 3.11. The lowest BCUT2D eigenvalue weighted by Gasteiger charge is -2.65. The van der Waals surface area contributed by atoms with E-state index in [2.05, 4.69) is 18.6 Å². The first-order valence-electron chi connectivity index (χ1n) is 7.82. The Balaban J connectivity index is 1.90. The second kappa shape index (κ2) is 4.20. The Morgan fingerprint density at radius 3 is 2.15 bits per heavy atom. The molecule has 0 heterocycles. The summed E-state index contributed by atoms with van der Waals surface area (Å²) in [6.45, 7) is 6.59. The van der Waals surface area contributed by atoms with E-state index in [4.69, 9.17) is 5.73 Å². The summed E-state index contributed by atoms with van der Waals surface area (Å²) in [6.07, 6.45) is 6.84. The van der Waals surface area contributed by atoms with Gasteiger partial charge in [-0.3, -0.25) is 0 Å². The smallest absolute Gasteiger partial charge is 0.215 e. The predicted octanol–water partition coefficient (Wildman–Crippen LogP) is 2.00. The van der Waals surface area contributed by atoms with Crippen molar-refractivity contribution in [3.63, 3.8) is 0 Å². The predicted molar refractivity (Wildman–Crippen MR) is 80.7 cm³/mol. The summed E-state index contributed by atoms with van der Waals surface area (Å²) in [5, 5.41) is -0.504. The van der Waals surface area contributed by atoms with Crippen LogP contribution in [0.3, 0.4) is 0 Å². The SMILES string of the molecule is CC(CN)S(=O)(=O)NC12CC3CC(C)(CC(C)(C3)C1)C2. The average molecular weight is 300 g/mol. The quantitative estimate of drug-likeness (QED) is 0.834. The van der Waals surface area contributed by atoms with E-state index < -0.39 is 15.3 Å². The van der Waals surface area contributed by atoms with Crippen LogP contribution in [0.4, 0.5) is 0 Å². The topological polar surface area (TPSA) is 72.2 Å². The van der Waals surface area contributed by atoms with Crippen LogP contribution in [0.15, 0.2) is 0 Å². The Hall–Kier alpha value is -0.130. The van der Waals surface area contributed by atoms with Crippen molar-refractivity contribution in [1.29, 1.82) is 0 Å². The van der Waals surface area contributed by atoms with Crippen molar-refractivity contribution in [3.05, 3.63) is 0 Å². The lowest BCUT2D eigenvalue weighted by atomic mass is 9.43. The van der Waals surface area contributed by atoms with Gasteiger partial charge in [0.25, 0.3) is 0 Å². The zero-order chi connectivity index (χ0) is 14.8. The van der Waals surface area contributed by atoms with Crippen LogP contribution in [0.2, 0.25) is 0 Å². The van der Waals surface area contributed by atoms with Crippen LogP contribution in [-0.2, 0) is 10.0 Å². The van der Waals surface area contributed by atoms with E-state index in [0.717, 1.165) is 19.3 Å². The number of rotatable bonds is 4. The molecule has 0 aromatic carbocycles. The van der Waals surface area contributed by atoms with Gasteiger partial charge in [-0.25, -0.2) is 13.1 Å². The van der Waals surface area contributed by atoms with Gasteiger partial charge in [-0.2, -0.15) is 0 Å². The fourth-order valence-corrected chi connectivity index (χ4v) is 7.38. The number of hydrogen-bond acceptors (Lipinski definition) is 3. The highest BCUT2D eigenvalue weighted by Crippen LogP contribution is 2.66. The van der Waals surface area contributed by atoms with Crippen molar-refractivity contribution in [1.82, 2.24) is 4.72 Å². The van der Waals surface area contributed by atoms with Gasteiger partial charge >= 0.3 is 0 Å².